The summed E-state index contributed by atoms with van der Waals surface area (Å²) in [7, 11) is 6.78. The maximum Gasteiger partial charge on any atom is 0.238 e. The number of fused-ring (bicyclic) bond motifs is 1. The molecule has 3 heterocycles. The number of piperazine rings is 2. The van der Waals surface area contributed by atoms with Gasteiger partial charge in [0.15, 0.2) is 0 Å². The van der Waals surface area contributed by atoms with Gasteiger partial charge >= 0.3 is 0 Å². The summed E-state index contributed by atoms with van der Waals surface area (Å²) in [6, 6.07) is 18.6. The van der Waals surface area contributed by atoms with E-state index >= 15 is 0 Å². The van der Waals surface area contributed by atoms with E-state index in [0.717, 1.165) is 110 Å². The Hall–Kier alpha value is -4.29. The van der Waals surface area contributed by atoms with Crippen molar-refractivity contribution in [2.24, 2.45) is 0 Å². The molecule has 2 aliphatic heterocycles. The van der Waals surface area contributed by atoms with Crippen molar-refractivity contribution in [2.45, 2.75) is 32.1 Å². The number of hydrogen-bond acceptors (Lipinski definition) is 9. The molecule has 0 bridgehead atoms. The highest BCUT2D eigenvalue weighted by molar-refractivity contribution is 5.99. The van der Waals surface area contributed by atoms with Gasteiger partial charge in [-0.05, 0) is 53.9 Å². The summed E-state index contributed by atoms with van der Waals surface area (Å²) in [5.74, 6) is 3.23. The summed E-state index contributed by atoms with van der Waals surface area (Å²) in [5.41, 5.74) is 5.63. The quantitative estimate of drug-likeness (QED) is 0.173. The summed E-state index contributed by atoms with van der Waals surface area (Å²) in [5, 5.41) is 10.8. The molecule has 0 saturated carbocycles. The molecule has 1 atom stereocenters. The molecular formula is C38H50N6O5. The van der Waals surface area contributed by atoms with Crippen molar-refractivity contribution in [3.63, 3.8) is 0 Å². The zero-order chi connectivity index (χ0) is 34.2. The van der Waals surface area contributed by atoms with Crippen LogP contribution in [0.5, 0.6) is 23.0 Å². The number of aryl methyl sites for hydroxylation is 1. The van der Waals surface area contributed by atoms with Crippen LogP contribution in [0.4, 0.5) is 0 Å². The van der Waals surface area contributed by atoms with Gasteiger partial charge in [-0.25, -0.2) is 0 Å². The number of ether oxygens (including phenoxy) is 4. The van der Waals surface area contributed by atoms with Crippen molar-refractivity contribution >= 4 is 16.8 Å². The summed E-state index contributed by atoms with van der Waals surface area (Å²) in [6.07, 6.45) is 3.02. The highest BCUT2D eigenvalue weighted by atomic mass is 16.5. The second-order valence-electron chi connectivity index (χ2n) is 12.8. The van der Waals surface area contributed by atoms with E-state index in [1.807, 2.05) is 24.3 Å². The molecule has 2 aliphatic rings. The summed E-state index contributed by atoms with van der Waals surface area (Å²) in [4.78, 5) is 17.7. The molecule has 262 valence electrons. The van der Waals surface area contributed by atoms with Crippen LogP contribution in [-0.2, 0) is 24.4 Å². The van der Waals surface area contributed by atoms with Crippen LogP contribution in [0, 0.1) is 0 Å². The van der Waals surface area contributed by atoms with Crippen LogP contribution in [0.1, 0.15) is 17.5 Å². The van der Waals surface area contributed by atoms with Crippen LogP contribution in [0.2, 0.25) is 0 Å². The van der Waals surface area contributed by atoms with Gasteiger partial charge in [0.1, 0.15) is 23.0 Å². The van der Waals surface area contributed by atoms with Crippen LogP contribution in [0.15, 0.2) is 60.8 Å². The van der Waals surface area contributed by atoms with Gasteiger partial charge < -0.3 is 39.5 Å². The fourth-order valence-corrected chi connectivity index (χ4v) is 6.95. The summed E-state index contributed by atoms with van der Waals surface area (Å²) in [6.45, 7) is 9.45. The molecule has 3 N–H and O–H groups in total. The van der Waals surface area contributed by atoms with Gasteiger partial charge in [-0.15, -0.1) is 0 Å². The minimum atomic E-state index is -0.177. The number of aromatic nitrogens is 1. The number of methoxy groups -OCH3 is 4. The average molecular weight is 671 g/mol. The van der Waals surface area contributed by atoms with E-state index in [-0.39, 0.29) is 11.9 Å². The van der Waals surface area contributed by atoms with Gasteiger partial charge in [-0.2, -0.15) is 0 Å². The topological polar surface area (TPSA) is 101 Å². The van der Waals surface area contributed by atoms with E-state index in [1.54, 1.807) is 28.4 Å². The molecule has 0 aliphatic carbocycles. The minimum Gasteiger partial charge on any atom is -0.497 e. The molecule has 49 heavy (non-hydrogen) atoms. The Morgan fingerprint density at radius 1 is 0.816 bits per heavy atom. The molecular weight excluding hydrogens is 620 g/mol. The third-order valence-corrected chi connectivity index (χ3v) is 9.56. The van der Waals surface area contributed by atoms with Crippen molar-refractivity contribution in [2.75, 3.05) is 80.8 Å². The van der Waals surface area contributed by atoms with E-state index in [2.05, 4.69) is 66.8 Å². The van der Waals surface area contributed by atoms with Crippen LogP contribution in [0.25, 0.3) is 22.0 Å². The van der Waals surface area contributed by atoms with E-state index < -0.39 is 0 Å². The predicted octanol–water partition coefficient (Wildman–Crippen LogP) is 3.73. The molecule has 3 aromatic carbocycles. The number of carbonyl (C=O) groups is 1. The highest BCUT2D eigenvalue weighted by Crippen LogP contribution is 2.43. The Kier molecular flexibility index (Phi) is 11.6. The molecule has 0 radical (unpaired) electrons. The molecule has 4 aromatic rings. The van der Waals surface area contributed by atoms with Crippen molar-refractivity contribution in [3.05, 3.63) is 71.9 Å². The Morgan fingerprint density at radius 2 is 1.49 bits per heavy atom. The van der Waals surface area contributed by atoms with E-state index in [4.69, 9.17) is 18.9 Å². The molecule has 1 amide bonds. The monoisotopic (exact) mass is 670 g/mol. The van der Waals surface area contributed by atoms with E-state index in [0.29, 0.717) is 13.1 Å². The van der Waals surface area contributed by atoms with E-state index in [9.17, 15) is 4.79 Å². The van der Waals surface area contributed by atoms with Crippen molar-refractivity contribution in [3.8, 4) is 34.1 Å². The number of nitrogens with zero attached hydrogens (tertiary/aromatic N) is 3. The van der Waals surface area contributed by atoms with Crippen molar-refractivity contribution < 1.29 is 23.7 Å². The highest BCUT2D eigenvalue weighted by Gasteiger charge is 2.22. The van der Waals surface area contributed by atoms with Gasteiger partial charge in [-0.1, -0.05) is 12.1 Å². The first kappa shape index (κ1) is 34.6. The van der Waals surface area contributed by atoms with Gasteiger partial charge in [0.25, 0.3) is 0 Å². The zero-order valence-corrected chi connectivity index (χ0v) is 29.2. The Bertz CT molecular complexity index is 1670. The first-order valence-corrected chi connectivity index (χ1v) is 17.2. The molecule has 6 rings (SSSR count). The number of benzene rings is 3. The average Bonchev–Trinajstić information content (AvgIpc) is 3.50. The number of nitrogens with one attached hydrogen (secondary N) is 3. The third kappa shape index (κ3) is 8.30. The molecule has 2 fully saturated rings. The second kappa shape index (κ2) is 16.4. The lowest BCUT2D eigenvalue weighted by atomic mass is 10.0. The Labute approximate surface area is 289 Å². The van der Waals surface area contributed by atoms with Gasteiger partial charge in [0, 0.05) is 101 Å². The second-order valence-corrected chi connectivity index (χ2v) is 12.8. The van der Waals surface area contributed by atoms with E-state index in [1.165, 1.54) is 11.1 Å². The summed E-state index contributed by atoms with van der Waals surface area (Å²) < 4.78 is 24.9. The van der Waals surface area contributed by atoms with Crippen LogP contribution in [-0.4, -0.2) is 107 Å². The third-order valence-electron chi connectivity index (χ3n) is 9.56. The predicted molar refractivity (Wildman–Crippen MR) is 193 cm³/mol. The van der Waals surface area contributed by atoms with Gasteiger partial charge in [-0.3, -0.25) is 14.6 Å². The SMILES string of the molecule is COc1cc(CN2CCN(Cc3ccc4c(c3)c(-c3c(OC)cccc3OC)cn4CCCNC(=O)C3CNCCN3)CC2)cc(OC)c1. The number of amides is 1. The Morgan fingerprint density at radius 3 is 2.10 bits per heavy atom. The normalized spacial score (nSPS) is 17.2. The maximum atomic E-state index is 12.6. The smallest absolute Gasteiger partial charge is 0.238 e. The number of hydrogen-bond donors (Lipinski definition) is 3. The van der Waals surface area contributed by atoms with Gasteiger partial charge in [0.05, 0.1) is 40.0 Å². The molecule has 1 unspecified atom stereocenters. The van der Waals surface area contributed by atoms with Crippen LogP contribution >= 0.6 is 0 Å². The molecule has 1 aromatic heterocycles. The van der Waals surface area contributed by atoms with Crippen molar-refractivity contribution in [1.82, 2.24) is 30.3 Å². The standard InChI is InChI=1S/C38H50N6O5/c1-46-29-19-28(20-30(22-29)47-2)25-43-17-15-42(16-18-43)24-27-9-10-34-31(21-27)32(37-35(48-3)7-5-8-36(37)49-4)26-44(34)14-6-11-41-38(45)33-23-39-12-13-40-33/h5,7-10,19-22,26,33,39-40H,6,11-18,23-25H2,1-4H3,(H,41,45). The van der Waals surface area contributed by atoms with Crippen LogP contribution < -0.4 is 34.9 Å². The molecule has 11 heteroatoms. The fourth-order valence-electron chi connectivity index (χ4n) is 6.95. The lowest BCUT2D eigenvalue weighted by Gasteiger charge is -2.34. The largest absolute Gasteiger partial charge is 0.497 e. The van der Waals surface area contributed by atoms with Gasteiger partial charge in [0.2, 0.25) is 5.91 Å². The molecule has 2 saturated heterocycles. The first-order chi connectivity index (χ1) is 24.0. The lowest BCUT2D eigenvalue weighted by molar-refractivity contribution is -0.123. The fraction of sp³-hybridized carbons (Fsp3) is 0.447. The number of carbonyl (C=O) groups excluding carboxylic acids is 1. The number of rotatable bonds is 14. The zero-order valence-electron chi connectivity index (χ0n) is 29.2. The summed E-state index contributed by atoms with van der Waals surface area (Å²) >= 11 is 0. The molecule has 0 spiro atoms. The maximum absolute atomic E-state index is 12.6. The lowest BCUT2D eigenvalue weighted by Crippen LogP contribution is -2.55. The molecule has 11 nitrogen and oxygen atoms in total. The first-order valence-electron chi connectivity index (χ1n) is 17.2. The van der Waals surface area contributed by atoms with Crippen LogP contribution in [0.3, 0.4) is 0 Å². The Balaban J connectivity index is 1.16. The van der Waals surface area contributed by atoms with Crippen molar-refractivity contribution in [1.29, 1.82) is 0 Å². The minimum absolute atomic E-state index is 0.0509.